The average molecular weight is 387 g/mol. The van der Waals surface area contributed by atoms with E-state index in [9.17, 15) is 9.59 Å². The van der Waals surface area contributed by atoms with Crippen molar-refractivity contribution in [2.24, 2.45) is 0 Å². The van der Waals surface area contributed by atoms with E-state index >= 15 is 0 Å². The molecular weight excluding hydrogens is 366 g/mol. The number of carbonyl (C=O) groups excluding carboxylic acids is 2. The predicted octanol–water partition coefficient (Wildman–Crippen LogP) is 2.47. The summed E-state index contributed by atoms with van der Waals surface area (Å²) in [6.45, 7) is 1.60. The van der Waals surface area contributed by atoms with Gasteiger partial charge in [-0.25, -0.2) is 4.79 Å². The molecule has 1 aliphatic rings. The van der Waals surface area contributed by atoms with E-state index in [4.69, 9.17) is 23.7 Å². The van der Waals surface area contributed by atoms with E-state index in [0.29, 0.717) is 23.0 Å². The maximum atomic E-state index is 12.2. The third-order valence-corrected chi connectivity index (χ3v) is 4.20. The molecule has 1 amide bonds. The van der Waals surface area contributed by atoms with Crippen molar-refractivity contribution in [2.45, 2.75) is 13.0 Å². The van der Waals surface area contributed by atoms with Gasteiger partial charge in [-0.2, -0.15) is 0 Å². The minimum absolute atomic E-state index is 0.185. The lowest BCUT2D eigenvalue weighted by Gasteiger charge is -2.15. The minimum atomic E-state index is -0.650. The summed E-state index contributed by atoms with van der Waals surface area (Å²) in [5.41, 5.74) is 1.08. The Morgan fingerprint density at radius 1 is 1.04 bits per heavy atom. The first-order valence-electron chi connectivity index (χ1n) is 8.59. The van der Waals surface area contributed by atoms with Crippen LogP contribution in [0.2, 0.25) is 0 Å². The molecule has 1 unspecified atom stereocenters. The molecule has 2 aromatic carbocycles. The van der Waals surface area contributed by atoms with Crippen LogP contribution in [0.25, 0.3) is 0 Å². The van der Waals surface area contributed by atoms with Crippen LogP contribution in [0.5, 0.6) is 23.0 Å². The molecule has 148 valence electrons. The second-order valence-corrected chi connectivity index (χ2v) is 6.08. The number of benzene rings is 2. The molecular formula is C20H21NO7. The highest BCUT2D eigenvalue weighted by Crippen LogP contribution is 2.34. The lowest BCUT2D eigenvalue weighted by Crippen LogP contribution is -2.31. The van der Waals surface area contributed by atoms with Crippen molar-refractivity contribution in [3.8, 4) is 23.0 Å². The maximum Gasteiger partial charge on any atom is 0.338 e. The zero-order valence-electron chi connectivity index (χ0n) is 15.8. The molecule has 0 bridgehead atoms. The Bertz CT molecular complexity index is 859. The van der Waals surface area contributed by atoms with Crippen molar-refractivity contribution in [1.29, 1.82) is 0 Å². The zero-order valence-corrected chi connectivity index (χ0v) is 15.8. The monoisotopic (exact) mass is 387 g/mol. The Balaban J connectivity index is 1.56. The van der Waals surface area contributed by atoms with Crippen molar-refractivity contribution in [3.05, 3.63) is 47.5 Å². The van der Waals surface area contributed by atoms with Crippen molar-refractivity contribution >= 4 is 11.9 Å². The highest BCUT2D eigenvalue weighted by Gasteiger charge is 2.18. The second kappa shape index (κ2) is 8.51. The lowest BCUT2D eigenvalue weighted by atomic mass is 10.1. The van der Waals surface area contributed by atoms with Crippen LogP contribution >= 0.6 is 0 Å². The average Bonchev–Trinajstić information content (AvgIpc) is 3.19. The number of carbonyl (C=O) groups is 2. The summed E-state index contributed by atoms with van der Waals surface area (Å²) in [4.78, 5) is 24.4. The van der Waals surface area contributed by atoms with Gasteiger partial charge in [0.2, 0.25) is 6.79 Å². The van der Waals surface area contributed by atoms with Crippen LogP contribution in [0, 0.1) is 0 Å². The molecule has 28 heavy (non-hydrogen) atoms. The third-order valence-electron chi connectivity index (χ3n) is 4.20. The molecule has 3 rings (SSSR count). The molecule has 1 atom stereocenters. The fourth-order valence-corrected chi connectivity index (χ4v) is 2.69. The van der Waals surface area contributed by atoms with Crippen molar-refractivity contribution < 1.29 is 33.3 Å². The van der Waals surface area contributed by atoms with Crippen LogP contribution in [0.3, 0.4) is 0 Å². The van der Waals surface area contributed by atoms with Crippen molar-refractivity contribution in [2.75, 3.05) is 27.6 Å². The number of fused-ring (bicyclic) bond motifs is 1. The van der Waals surface area contributed by atoms with Gasteiger partial charge in [0, 0.05) is 6.07 Å². The molecule has 1 heterocycles. The molecule has 8 nitrogen and oxygen atoms in total. The zero-order chi connectivity index (χ0) is 20.1. The maximum absolute atomic E-state index is 12.2. The molecule has 0 spiro atoms. The number of methoxy groups -OCH3 is 2. The van der Waals surface area contributed by atoms with E-state index in [2.05, 4.69) is 5.32 Å². The number of hydrogen-bond donors (Lipinski definition) is 1. The minimum Gasteiger partial charge on any atom is -0.497 e. The number of esters is 1. The van der Waals surface area contributed by atoms with E-state index in [0.717, 1.165) is 5.56 Å². The molecule has 0 radical (unpaired) electrons. The summed E-state index contributed by atoms with van der Waals surface area (Å²) in [6.07, 6.45) is 0. The summed E-state index contributed by atoms with van der Waals surface area (Å²) < 4.78 is 25.9. The molecule has 0 fully saturated rings. The van der Waals surface area contributed by atoms with Crippen LogP contribution in [0.1, 0.15) is 28.9 Å². The number of hydrogen-bond acceptors (Lipinski definition) is 7. The second-order valence-electron chi connectivity index (χ2n) is 6.08. The molecule has 1 aliphatic heterocycles. The van der Waals surface area contributed by atoms with Gasteiger partial charge in [-0.3, -0.25) is 4.79 Å². The topological polar surface area (TPSA) is 92.3 Å². The Hall–Kier alpha value is -3.42. The van der Waals surface area contributed by atoms with E-state index < -0.39 is 18.5 Å². The Morgan fingerprint density at radius 2 is 1.71 bits per heavy atom. The van der Waals surface area contributed by atoms with Crippen molar-refractivity contribution in [1.82, 2.24) is 5.32 Å². The molecule has 1 N–H and O–H groups in total. The van der Waals surface area contributed by atoms with Gasteiger partial charge in [0.15, 0.2) is 18.1 Å². The summed E-state index contributed by atoms with van der Waals surface area (Å²) in [5.74, 6) is 1.14. The van der Waals surface area contributed by atoms with E-state index in [-0.39, 0.29) is 18.4 Å². The first kappa shape index (κ1) is 19.3. The van der Waals surface area contributed by atoms with Crippen LogP contribution in [0.4, 0.5) is 0 Å². The number of nitrogens with one attached hydrogen (secondary N) is 1. The van der Waals surface area contributed by atoms with Gasteiger partial charge >= 0.3 is 5.97 Å². The summed E-state index contributed by atoms with van der Waals surface area (Å²) in [6, 6.07) is 9.80. The summed E-state index contributed by atoms with van der Waals surface area (Å²) >= 11 is 0. The smallest absolute Gasteiger partial charge is 0.338 e. The van der Waals surface area contributed by atoms with Gasteiger partial charge in [-0.05, 0) is 36.8 Å². The first-order valence-corrected chi connectivity index (χ1v) is 8.59. The van der Waals surface area contributed by atoms with Gasteiger partial charge in [-0.1, -0.05) is 6.07 Å². The fraction of sp³-hybridized carbons (Fsp3) is 0.300. The highest BCUT2D eigenvalue weighted by molar-refractivity contribution is 5.92. The van der Waals surface area contributed by atoms with Crippen LogP contribution in [-0.4, -0.2) is 39.5 Å². The molecule has 0 aromatic heterocycles. The molecule has 0 aliphatic carbocycles. The normalized spacial score (nSPS) is 12.8. The standard InChI is InChI=1S/C20H21NO7/c1-12(13-4-5-17-18(8-13)28-11-27-17)21-19(22)10-26-20(23)14-6-15(24-2)9-16(7-14)25-3/h4-9,12H,10-11H2,1-3H3,(H,21,22). The van der Waals surface area contributed by atoms with E-state index in [1.165, 1.54) is 26.4 Å². The summed E-state index contributed by atoms with van der Waals surface area (Å²) in [7, 11) is 2.96. The van der Waals surface area contributed by atoms with Gasteiger partial charge in [0.1, 0.15) is 11.5 Å². The van der Waals surface area contributed by atoms with Crippen LogP contribution in [0.15, 0.2) is 36.4 Å². The van der Waals surface area contributed by atoms with Gasteiger partial charge < -0.3 is 29.0 Å². The molecule has 0 saturated carbocycles. The van der Waals surface area contributed by atoms with Gasteiger partial charge in [-0.15, -0.1) is 0 Å². The number of amides is 1. The van der Waals surface area contributed by atoms with E-state index in [1.807, 2.05) is 19.1 Å². The third kappa shape index (κ3) is 4.46. The Kier molecular flexibility index (Phi) is 5.88. The highest BCUT2D eigenvalue weighted by atomic mass is 16.7. The van der Waals surface area contributed by atoms with Gasteiger partial charge in [0.05, 0.1) is 25.8 Å². The molecule has 0 saturated heterocycles. The number of rotatable bonds is 7. The quantitative estimate of drug-likeness (QED) is 0.730. The number of ether oxygens (including phenoxy) is 5. The fourth-order valence-electron chi connectivity index (χ4n) is 2.69. The van der Waals surface area contributed by atoms with Crippen LogP contribution in [-0.2, 0) is 9.53 Å². The first-order chi connectivity index (χ1) is 13.5. The predicted molar refractivity (Wildman–Crippen MR) is 99.0 cm³/mol. The largest absolute Gasteiger partial charge is 0.497 e. The van der Waals surface area contributed by atoms with E-state index in [1.54, 1.807) is 12.1 Å². The SMILES string of the molecule is COc1cc(OC)cc(C(=O)OCC(=O)NC(C)c2ccc3c(c2)OCO3)c1. The summed E-state index contributed by atoms with van der Waals surface area (Å²) in [5, 5.41) is 2.78. The Labute approximate surface area is 162 Å². The van der Waals surface area contributed by atoms with Crippen LogP contribution < -0.4 is 24.3 Å². The molecule has 8 heteroatoms. The lowest BCUT2D eigenvalue weighted by molar-refractivity contribution is -0.124. The van der Waals surface area contributed by atoms with Gasteiger partial charge in [0.25, 0.3) is 5.91 Å². The molecule has 2 aromatic rings. The Morgan fingerprint density at radius 3 is 2.39 bits per heavy atom. The van der Waals surface area contributed by atoms with Crippen molar-refractivity contribution in [3.63, 3.8) is 0 Å².